The zero-order valence-corrected chi connectivity index (χ0v) is 11.2. The molecule has 0 aromatic heterocycles. The Morgan fingerprint density at radius 1 is 1.35 bits per heavy atom. The number of benzene rings is 1. The van der Waals surface area contributed by atoms with E-state index in [0.29, 0.717) is 5.92 Å². The van der Waals surface area contributed by atoms with Crippen molar-refractivity contribution in [1.82, 2.24) is 0 Å². The second kappa shape index (κ2) is 4.34. The molecule has 1 saturated carbocycles. The fraction of sp³-hybridized carbons (Fsp3) is 0.600. The molecule has 1 aliphatic rings. The summed E-state index contributed by atoms with van der Waals surface area (Å²) in [6, 6.07) is 4.33. The van der Waals surface area contributed by atoms with Gasteiger partial charge in [0.25, 0.3) is 0 Å². The molecule has 1 aliphatic carbocycles. The number of rotatable bonds is 4. The lowest BCUT2D eigenvalue weighted by Gasteiger charge is -2.17. The summed E-state index contributed by atoms with van der Waals surface area (Å²) in [6.45, 7) is 6.42. The third-order valence-corrected chi connectivity index (χ3v) is 3.55. The van der Waals surface area contributed by atoms with E-state index in [0.717, 1.165) is 30.6 Å². The van der Waals surface area contributed by atoms with Gasteiger partial charge >= 0.3 is 0 Å². The van der Waals surface area contributed by atoms with Crippen LogP contribution in [0.4, 0.5) is 0 Å². The van der Waals surface area contributed by atoms with Gasteiger partial charge in [-0.25, -0.2) is 0 Å². The number of aliphatic hydroxyl groups is 1. The van der Waals surface area contributed by atoms with Crippen molar-refractivity contribution in [3.8, 4) is 5.75 Å². The molecule has 2 nitrogen and oxygen atoms in total. The molecule has 2 heteroatoms. The smallest absolute Gasteiger partial charge is 0.125 e. The van der Waals surface area contributed by atoms with Gasteiger partial charge in [0.1, 0.15) is 5.75 Å². The Kier molecular flexibility index (Phi) is 3.17. The van der Waals surface area contributed by atoms with Crippen LogP contribution in [0.2, 0.25) is 0 Å². The maximum atomic E-state index is 10.00. The van der Waals surface area contributed by atoms with Gasteiger partial charge in [-0.3, -0.25) is 0 Å². The second-order valence-electron chi connectivity index (χ2n) is 5.59. The molecule has 1 N–H and O–H groups in total. The van der Waals surface area contributed by atoms with Crippen molar-refractivity contribution in [2.24, 2.45) is 0 Å². The van der Waals surface area contributed by atoms with Gasteiger partial charge in [-0.1, -0.05) is 26.0 Å². The van der Waals surface area contributed by atoms with Gasteiger partial charge in [0.2, 0.25) is 0 Å². The summed E-state index contributed by atoms with van der Waals surface area (Å²) in [7, 11) is 1.72. The summed E-state index contributed by atoms with van der Waals surface area (Å²) < 4.78 is 5.48. The van der Waals surface area contributed by atoms with Gasteiger partial charge in [0, 0.05) is 6.42 Å². The Hall–Kier alpha value is -1.02. The Labute approximate surface area is 104 Å². The molecule has 94 valence electrons. The number of ether oxygens (including phenoxy) is 1. The molecule has 0 aliphatic heterocycles. The molecule has 0 unspecified atom stereocenters. The van der Waals surface area contributed by atoms with E-state index in [2.05, 4.69) is 32.9 Å². The molecule has 1 aromatic carbocycles. The lowest BCUT2D eigenvalue weighted by molar-refractivity contribution is 0.151. The van der Waals surface area contributed by atoms with E-state index in [9.17, 15) is 5.11 Å². The van der Waals surface area contributed by atoms with Crippen molar-refractivity contribution in [2.75, 3.05) is 7.11 Å². The Balaban J connectivity index is 2.35. The first-order valence-electron chi connectivity index (χ1n) is 6.35. The van der Waals surface area contributed by atoms with Gasteiger partial charge in [-0.05, 0) is 42.4 Å². The predicted molar refractivity (Wildman–Crippen MR) is 69.7 cm³/mol. The minimum absolute atomic E-state index is 0.421. The fourth-order valence-electron chi connectivity index (χ4n) is 2.39. The van der Waals surface area contributed by atoms with Crippen LogP contribution < -0.4 is 4.74 Å². The lowest BCUT2D eigenvalue weighted by atomic mass is 9.94. The first-order valence-corrected chi connectivity index (χ1v) is 6.35. The van der Waals surface area contributed by atoms with E-state index in [1.54, 1.807) is 7.11 Å². The van der Waals surface area contributed by atoms with E-state index < -0.39 is 5.60 Å². The predicted octanol–water partition coefficient (Wildman–Crippen LogP) is 3.19. The van der Waals surface area contributed by atoms with Crippen LogP contribution in [0.1, 0.15) is 49.3 Å². The highest BCUT2D eigenvalue weighted by molar-refractivity contribution is 5.46. The summed E-state index contributed by atoms with van der Waals surface area (Å²) >= 11 is 0. The highest BCUT2D eigenvalue weighted by Gasteiger charge is 2.40. The fourth-order valence-corrected chi connectivity index (χ4v) is 2.39. The number of hydrogen-bond acceptors (Lipinski definition) is 2. The summed E-state index contributed by atoms with van der Waals surface area (Å²) in [5, 5.41) is 10.00. The Morgan fingerprint density at radius 3 is 2.47 bits per heavy atom. The summed E-state index contributed by atoms with van der Waals surface area (Å²) in [5.74, 6) is 1.43. The molecule has 0 radical (unpaired) electrons. The molecular formula is C15H22O2. The van der Waals surface area contributed by atoms with Crippen molar-refractivity contribution in [3.63, 3.8) is 0 Å². The van der Waals surface area contributed by atoms with E-state index >= 15 is 0 Å². The minimum Gasteiger partial charge on any atom is -0.496 e. The van der Waals surface area contributed by atoms with Crippen LogP contribution in [0.5, 0.6) is 5.75 Å². The molecule has 1 fully saturated rings. The van der Waals surface area contributed by atoms with Crippen LogP contribution in [0, 0.1) is 6.92 Å². The zero-order chi connectivity index (χ0) is 12.6. The molecule has 0 heterocycles. The number of methoxy groups -OCH3 is 1. The summed E-state index contributed by atoms with van der Waals surface area (Å²) in [4.78, 5) is 0. The standard InChI is InChI=1S/C15H22O2/c1-10(2)13-8-12(9-15(16)5-6-15)7-11(3)14(13)17-4/h7-8,10,16H,5-6,9H2,1-4H3. The highest BCUT2D eigenvalue weighted by Crippen LogP contribution is 2.40. The molecule has 0 bridgehead atoms. The molecule has 0 spiro atoms. The van der Waals surface area contributed by atoms with E-state index in [1.807, 2.05) is 0 Å². The third-order valence-electron chi connectivity index (χ3n) is 3.55. The largest absolute Gasteiger partial charge is 0.496 e. The molecular weight excluding hydrogens is 212 g/mol. The van der Waals surface area contributed by atoms with Crippen molar-refractivity contribution < 1.29 is 9.84 Å². The quantitative estimate of drug-likeness (QED) is 0.867. The first-order chi connectivity index (χ1) is 7.95. The van der Waals surface area contributed by atoms with Gasteiger partial charge in [-0.15, -0.1) is 0 Å². The minimum atomic E-state index is -0.421. The van der Waals surface area contributed by atoms with Crippen molar-refractivity contribution in [3.05, 3.63) is 28.8 Å². The Morgan fingerprint density at radius 2 is 2.00 bits per heavy atom. The van der Waals surface area contributed by atoms with Crippen LogP contribution in [0.15, 0.2) is 12.1 Å². The monoisotopic (exact) mass is 234 g/mol. The normalized spacial score (nSPS) is 17.3. The maximum absolute atomic E-state index is 10.00. The van der Waals surface area contributed by atoms with E-state index in [-0.39, 0.29) is 0 Å². The third kappa shape index (κ3) is 2.63. The van der Waals surface area contributed by atoms with E-state index in [1.165, 1.54) is 11.1 Å². The van der Waals surface area contributed by atoms with Crippen LogP contribution >= 0.6 is 0 Å². The van der Waals surface area contributed by atoms with Crippen LogP contribution in [0.25, 0.3) is 0 Å². The SMILES string of the molecule is COc1c(C)cc(CC2(O)CC2)cc1C(C)C. The Bertz CT molecular complexity index is 417. The topological polar surface area (TPSA) is 29.5 Å². The second-order valence-corrected chi connectivity index (χ2v) is 5.59. The zero-order valence-electron chi connectivity index (χ0n) is 11.2. The maximum Gasteiger partial charge on any atom is 0.125 e. The average Bonchev–Trinajstić information content (AvgIpc) is 2.95. The van der Waals surface area contributed by atoms with Gasteiger partial charge < -0.3 is 9.84 Å². The number of aryl methyl sites for hydroxylation is 1. The molecule has 1 aromatic rings. The van der Waals surface area contributed by atoms with Gasteiger partial charge in [0.05, 0.1) is 12.7 Å². The average molecular weight is 234 g/mol. The number of hydrogen-bond donors (Lipinski definition) is 1. The van der Waals surface area contributed by atoms with Crippen LogP contribution in [0.3, 0.4) is 0 Å². The highest BCUT2D eigenvalue weighted by atomic mass is 16.5. The molecule has 0 saturated heterocycles. The molecule has 0 amide bonds. The van der Waals surface area contributed by atoms with Crippen molar-refractivity contribution in [2.45, 2.75) is 51.6 Å². The lowest BCUT2D eigenvalue weighted by Crippen LogP contribution is -2.11. The van der Waals surface area contributed by atoms with Gasteiger partial charge in [0.15, 0.2) is 0 Å². The van der Waals surface area contributed by atoms with Crippen molar-refractivity contribution in [1.29, 1.82) is 0 Å². The molecule has 17 heavy (non-hydrogen) atoms. The molecule has 0 atom stereocenters. The van der Waals surface area contributed by atoms with Crippen LogP contribution in [-0.4, -0.2) is 17.8 Å². The first kappa shape index (κ1) is 12.4. The summed E-state index contributed by atoms with van der Waals surface area (Å²) in [5.41, 5.74) is 3.21. The molecule has 2 rings (SSSR count). The van der Waals surface area contributed by atoms with Gasteiger partial charge in [-0.2, -0.15) is 0 Å². The van der Waals surface area contributed by atoms with Crippen molar-refractivity contribution >= 4 is 0 Å². The van der Waals surface area contributed by atoms with E-state index in [4.69, 9.17) is 4.74 Å². The summed E-state index contributed by atoms with van der Waals surface area (Å²) in [6.07, 6.45) is 2.65. The van der Waals surface area contributed by atoms with Crippen LogP contribution in [-0.2, 0) is 6.42 Å².